The molecule has 0 saturated heterocycles. The molecule has 0 spiro atoms. The highest BCUT2D eigenvalue weighted by Gasteiger charge is 2.16. The summed E-state index contributed by atoms with van der Waals surface area (Å²) >= 11 is 5.08. The molecule has 0 amide bonds. The Bertz CT molecular complexity index is 632. The Balaban J connectivity index is 2.14. The number of nitrogens with zero attached hydrogens (tertiary/aromatic N) is 1. The SMILES string of the molecule is O=c1[nH]c(-c2sccc2Br)nc2c1CCCCC2. The number of rotatable bonds is 1. The fourth-order valence-electron chi connectivity index (χ4n) is 2.35. The van der Waals surface area contributed by atoms with E-state index in [0.29, 0.717) is 5.82 Å². The second-order valence-corrected chi connectivity index (χ2v) is 6.27. The standard InChI is InChI=1S/C13H13BrN2OS/c14-9-6-7-18-11(9)12-15-10-5-3-1-2-4-8(10)13(17)16-12/h6-7H,1-5H2,(H,15,16,17). The zero-order valence-electron chi connectivity index (χ0n) is 9.83. The van der Waals surface area contributed by atoms with Gasteiger partial charge in [0.05, 0.1) is 10.6 Å². The van der Waals surface area contributed by atoms with Crippen molar-refractivity contribution >= 4 is 27.3 Å². The predicted molar refractivity (Wildman–Crippen MR) is 77.1 cm³/mol. The molecule has 3 rings (SSSR count). The van der Waals surface area contributed by atoms with Gasteiger partial charge in [0.1, 0.15) is 0 Å². The van der Waals surface area contributed by atoms with Crippen molar-refractivity contribution in [1.29, 1.82) is 0 Å². The third kappa shape index (κ3) is 2.17. The number of thiophene rings is 1. The van der Waals surface area contributed by atoms with E-state index in [0.717, 1.165) is 46.3 Å². The van der Waals surface area contributed by atoms with Gasteiger partial charge in [-0.1, -0.05) is 6.42 Å². The lowest BCUT2D eigenvalue weighted by Crippen LogP contribution is -2.17. The van der Waals surface area contributed by atoms with Crippen LogP contribution in [-0.4, -0.2) is 9.97 Å². The highest BCUT2D eigenvalue weighted by molar-refractivity contribution is 9.10. The van der Waals surface area contributed by atoms with E-state index >= 15 is 0 Å². The van der Waals surface area contributed by atoms with Gasteiger partial charge in [-0.25, -0.2) is 4.98 Å². The zero-order chi connectivity index (χ0) is 12.5. The maximum atomic E-state index is 12.1. The monoisotopic (exact) mass is 324 g/mol. The van der Waals surface area contributed by atoms with Crippen LogP contribution in [0.2, 0.25) is 0 Å². The lowest BCUT2D eigenvalue weighted by molar-refractivity contribution is 0.708. The minimum atomic E-state index is 0.0391. The summed E-state index contributed by atoms with van der Waals surface area (Å²) in [5.74, 6) is 0.697. The van der Waals surface area contributed by atoms with Crippen molar-refractivity contribution in [2.75, 3.05) is 0 Å². The zero-order valence-corrected chi connectivity index (χ0v) is 12.2. The van der Waals surface area contributed by atoms with E-state index in [1.54, 1.807) is 11.3 Å². The van der Waals surface area contributed by atoms with E-state index in [1.807, 2.05) is 11.4 Å². The van der Waals surface area contributed by atoms with Crippen LogP contribution in [-0.2, 0) is 12.8 Å². The number of aryl methyl sites for hydroxylation is 1. The minimum absolute atomic E-state index is 0.0391. The number of halogens is 1. The molecular weight excluding hydrogens is 312 g/mol. The number of H-pyrrole nitrogens is 1. The van der Waals surface area contributed by atoms with Gasteiger partial charge >= 0.3 is 0 Å². The van der Waals surface area contributed by atoms with Gasteiger partial charge in [-0.15, -0.1) is 11.3 Å². The number of aromatic nitrogens is 2. The predicted octanol–water partition coefficient (Wildman–Crippen LogP) is 3.53. The first-order valence-corrected chi connectivity index (χ1v) is 7.78. The molecule has 2 heterocycles. The van der Waals surface area contributed by atoms with Gasteiger partial charge in [0, 0.05) is 10.0 Å². The molecule has 0 aromatic carbocycles. The van der Waals surface area contributed by atoms with Crippen LogP contribution in [0, 0.1) is 0 Å². The molecule has 0 saturated carbocycles. The number of aromatic amines is 1. The maximum Gasteiger partial charge on any atom is 0.254 e. The molecule has 0 fully saturated rings. The van der Waals surface area contributed by atoms with E-state index in [4.69, 9.17) is 0 Å². The Morgan fingerprint density at radius 3 is 2.89 bits per heavy atom. The normalized spacial score (nSPS) is 15.2. The third-order valence-electron chi connectivity index (χ3n) is 3.27. The minimum Gasteiger partial charge on any atom is -0.306 e. The third-order valence-corrected chi connectivity index (χ3v) is 5.12. The molecule has 0 unspecified atom stereocenters. The first kappa shape index (κ1) is 12.1. The van der Waals surface area contributed by atoms with Crippen LogP contribution in [0.3, 0.4) is 0 Å². The van der Waals surface area contributed by atoms with Crippen molar-refractivity contribution in [3.05, 3.63) is 37.5 Å². The summed E-state index contributed by atoms with van der Waals surface area (Å²) in [5, 5.41) is 1.99. The van der Waals surface area contributed by atoms with E-state index < -0.39 is 0 Å². The second kappa shape index (κ2) is 4.97. The Labute approximate surface area is 117 Å². The molecule has 0 bridgehead atoms. The molecule has 0 radical (unpaired) electrons. The van der Waals surface area contributed by atoms with Gasteiger partial charge in [-0.2, -0.15) is 0 Å². The molecule has 1 aliphatic rings. The van der Waals surface area contributed by atoms with E-state index in [9.17, 15) is 4.79 Å². The lowest BCUT2D eigenvalue weighted by Gasteiger charge is -2.06. The Hall–Kier alpha value is -0.940. The second-order valence-electron chi connectivity index (χ2n) is 4.50. The highest BCUT2D eigenvalue weighted by Crippen LogP contribution is 2.31. The molecule has 2 aromatic heterocycles. The first-order valence-electron chi connectivity index (χ1n) is 6.11. The highest BCUT2D eigenvalue weighted by atomic mass is 79.9. The average molecular weight is 325 g/mol. The van der Waals surface area contributed by atoms with Crippen molar-refractivity contribution in [3.63, 3.8) is 0 Å². The average Bonchev–Trinajstić information content (AvgIpc) is 2.63. The lowest BCUT2D eigenvalue weighted by atomic mass is 10.1. The van der Waals surface area contributed by atoms with Crippen molar-refractivity contribution in [1.82, 2.24) is 9.97 Å². The topological polar surface area (TPSA) is 45.8 Å². The molecule has 94 valence electrons. The molecule has 1 N–H and O–H groups in total. The molecular formula is C13H13BrN2OS. The number of fused-ring (bicyclic) bond motifs is 1. The van der Waals surface area contributed by atoms with Crippen LogP contribution in [0.1, 0.15) is 30.5 Å². The van der Waals surface area contributed by atoms with Crippen LogP contribution in [0.25, 0.3) is 10.7 Å². The molecule has 18 heavy (non-hydrogen) atoms. The summed E-state index contributed by atoms with van der Waals surface area (Å²) in [5.41, 5.74) is 1.92. The van der Waals surface area contributed by atoms with Gasteiger partial charge in [0.25, 0.3) is 5.56 Å². The van der Waals surface area contributed by atoms with Crippen molar-refractivity contribution in [2.24, 2.45) is 0 Å². The smallest absolute Gasteiger partial charge is 0.254 e. The van der Waals surface area contributed by atoms with Crippen LogP contribution in [0.4, 0.5) is 0 Å². The number of nitrogens with one attached hydrogen (secondary N) is 1. The summed E-state index contributed by atoms with van der Waals surface area (Å²) in [6, 6.07) is 1.98. The summed E-state index contributed by atoms with van der Waals surface area (Å²) < 4.78 is 0.990. The van der Waals surface area contributed by atoms with Gasteiger partial charge in [-0.3, -0.25) is 4.79 Å². The molecule has 1 aliphatic carbocycles. The molecule has 0 aliphatic heterocycles. The number of hydrogen-bond donors (Lipinski definition) is 1. The van der Waals surface area contributed by atoms with Gasteiger partial charge in [0.15, 0.2) is 5.82 Å². The molecule has 5 heteroatoms. The van der Waals surface area contributed by atoms with Crippen molar-refractivity contribution in [2.45, 2.75) is 32.1 Å². The first-order chi connectivity index (χ1) is 8.75. The molecule has 2 aromatic rings. The van der Waals surface area contributed by atoms with Gasteiger partial charge in [-0.05, 0) is 53.1 Å². The Morgan fingerprint density at radius 1 is 1.28 bits per heavy atom. The fourth-order valence-corrected chi connectivity index (χ4v) is 3.85. The Morgan fingerprint density at radius 2 is 2.11 bits per heavy atom. The molecule has 3 nitrogen and oxygen atoms in total. The van der Waals surface area contributed by atoms with Crippen molar-refractivity contribution in [3.8, 4) is 10.7 Å². The van der Waals surface area contributed by atoms with Crippen molar-refractivity contribution < 1.29 is 0 Å². The summed E-state index contributed by atoms with van der Waals surface area (Å²) in [7, 11) is 0. The number of hydrogen-bond acceptors (Lipinski definition) is 3. The summed E-state index contributed by atoms with van der Waals surface area (Å²) in [6.07, 6.45) is 5.21. The maximum absolute atomic E-state index is 12.1. The van der Waals surface area contributed by atoms with Crippen LogP contribution in [0.5, 0.6) is 0 Å². The van der Waals surface area contributed by atoms with Gasteiger partial charge in [0.2, 0.25) is 0 Å². The van der Waals surface area contributed by atoms with Crippen LogP contribution < -0.4 is 5.56 Å². The summed E-state index contributed by atoms with van der Waals surface area (Å²) in [4.78, 5) is 20.7. The van der Waals surface area contributed by atoms with E-state index in [2.05, 4.69) is 25.9 Å². The Kier molecular flexibility index (Phi) is 3.35. The quantitative estimate of drug-likeness (QED) is 0.815. The van der Waals surface area contributed by atoms with Crippen LogP contribution >= 0.6 is 27.3 Å². The summed E-state index contributed by atoms with van der Waals surface area (Å²) in [6.45, 7) is 0. The molecule has 0 atom stereocenters. The van der Waals surface area contributed by atoms with E-state index in [-0.39, 0.29) is 5.56 Å². The largest absolute Gasteiger partial charge is 0.306 e. The van der Waals surface area contributed by atoms with Crippen LogP contribution in [0.15, 0.2) is 20.7 Å². The van der Waals surface area contributed by atoms with Gasteiger partial charge < -0.3 is 4.98 Å². The van der Waals surface area contributed by atoms with E-state index in [1.165, 1.54) is 6.42 Å². The fraction of sp³-hybridized carbons (Fsp3) is 0.385.